The highest BCUT2D eigenvalue weighted by atomic mass is 35.5. The molecule has 2 aliphatic rings. The number of nitrogens with zero attached hydrogens (tertiary/aromatic N) is 3. The van der Waals surface area contributed by atoms with E-state index in [0.717, 1.165) is 0 Å². The molecule has 0 spiro atoms. The van der Waals surface area contributed by atoms with Gasteiger partial charge in [-0.25, -0.2) is 14.6 Å². The zero-order valence-electron chi connectivity index (χ0n) is 17.6. The predicted molar refractivity (Wildman–Crippen MR) is 124 cm³/mol. The molecule has 178 valence electrons. The average Bonchev–Trinajstić information content (AvgIpc) is 3.20. The van der Waals surface area contributed by atoms with Crippen LogP contribution in [0.2, 0.25) is 10.0 Å². The summed E-state index contributed by atoms with van der Waals surface area (Å²) in [5, 5.41) is 11.2. The van der Waals surface area contributed by atoms with Crippen molar-refractivity contribution in [2.75, 3.05) is 6.61 Å². The van der Waals surface area contributed by atoms with E-state index in [1.54, 1.807) is 24.3 Å². The third-order valence-electron chi connectivity index (χ3n) is 5.15. The molecule has 0 bridgehead atoms. The number of ether oxygens (including phenoxy) is 3. The minimum absolute atomic E-state index is 0.0825. The van der Waals surface area contributed by atoms with Gasteiger partial charge in [-0.2, -0.15) is 4.99 Å². The van der Waals surface area contributed by atoms with Crippen LogP contribution in [0.1, 0.15) is 27.1 Å². The maximum Gasteiger partial charge on any atom is 0.338 e. The lowest BCUT2D eigenvalue weighted by molar-refractivity contribution is -0.0998. The first-order chi connectivity index (χ1) is 16.3. The Labute approximate surface area is 204 Å². The van der Waals surface area contributed by atoms with Gasteiger partial charge in [0.25, 0.3) is 0 Å². The van der Waals surface area contributed by atoms with E-state index in [4.69, 9.17) is 43.1 Å². The Bertz CT molecular complexity index is 1110. The minimum atomic E-state index is -1.33. The van der Waals surface area contributed by atoms with Crippen LogP contribution in [0, 0.1) is 0 Å². The molecule has 1 fully saturated rings. The second-order valence-corrected chi connectivity index (χ2v) is 8.32. The van der Waals surface area contributed by atoms with E-state index < -0.39 is 36.7 Å². The molecule has 0 amide bonds. The van der Waals surface area contributed by atoms with E-state index >= 15 is 0 Å². The summed E-state index contributed by atoms with van der Waals surface area (Å²) in [5.41, 5.74) is 6.10. The molecule has 0 aliphatic carbocycles. The third kappa shape index (κ3) is 5.65. The largest absolute Gasteiger partial charge is 0.459 e. The average molecular weight is 507 g/mol. The standard InChI is InChI=1S/C22H20Cl2N4O6/c23-14-5-1-12(2-6-14)19(29)32-10-17-16(34-20(30)13-3-7-15(24)8-4-13)9-18(33-17)28-11-26-21(25)27-22(28)31/h1-8,11,16-18,22,31H,9-10H2,(H2,25,27). The molecule has 0 radical (unpaired) electrons. The molecule has 0 saturated carbocycles. The molecule has 12 heteroatoms. The van der Waals surface area contributed by atoms with Crippen LogP contribution in [0.15, 0.2) is 58.5 Å². The van der Waals surface area contributed by atoms with Crippen LogP contribution in [-0.2, 0) is 14.2 Å². The zero-order valence-corrected chi connectivity index (χ0v) is 19.1. The molecule has 2 heterocycles. The number of aliphatic imine (C=N–C) groups is 2. The van der Waals surface area contributed by atoms with Crippen LogP contribution < -0.4 is 5.73 Å². The van der Waals surface area contributed by atoms with Crippen molar-refractivity contribution in [2.45, 2.75) is 31.2 Å². The number of halogens is 2. The van der Waals surface area contributed by atoms with Gasteiger partial charge in [0.1, 0.15) is 31.4 Å². The third-order valence-corrected chi connectivity index (χ3v) is 5.65. The van der Waals surface area contributed by atoms with E-state index in [-0.39, 0.29) is 19.0 Å². The monoisotopic (exact) mass is 506 g/mol. The summed E-state index contributed by atoms with van der Waals surface area (Å²) < 4.78 is 17.0. The summed E-state index contributed by atoms with van der Waals surface area (Å²) in [7, 11) is 0. The maximum absolute atomic E-state index is 12.7. The first-order valence-electron chi connectivity index (χ1n) is 10.2. The van der Waals surface area contributed by atoms with Crippen molar-refractivity contribution in [1.82, 2.24) is 4.90 Å². The quantitative estimate of drug-likeness (QED) is 0.570. The fourth-order valence-corrected chi connectivity index (χ4v) is 3.66. The topological polar surface area (TPSA) is 136 Å². The first-order valence-corrected chi connectivity index (χ1v) is 10.9. The molecule has 2 aromatic rings. The van der Waals surface area contributed by atoms with E-state index in [1.165, 1.54) is 35.5 Å². The summed E-state index contributed by atoms with van der Waals surface area (Å²) in [6.45, 7) is -0.205. The van der Waals surface area contributed by atoms with Gasteiger partial charge in [-0.05, 0) is 48.5 Å². The minimum Gasteiger partial charge on any atom is -0.459 e. The molecule has 10 nitrogen and oxygen atoms in total. The van der Waals surface area contributed by atoms with Crippen LogP contribution >= 0.6 is 23.2 Å². The number of hydrogen-bond acceptors (Lipinski definition) is 10. The van der Waals surface area contributed by atoms with Gasteiger partial charge in [0.2, 0.25) is 12.3 Å². The number of aliphatic hydroxyl groups is 1. The Hall–Kier alpha value is -3.18. The molecule has 4 atom stereocenters. The van der Waals surface area contributed by atoms with Gasteiger partial charge < -0.3 is 25.1 Å². The van der Waals surface area contributed by atoms with Crippen molar-refractivity contribution < 1.29 is 28.9 Å². The summed E-state index contributed by atoms with van der Waals surface area (Å²) in [6.07, 6.45) is -2.27. The van der Waals surface area contributed by atoms with E-state index in [2.05, 4.69) is 9.98 Å². The number of aliphatic hydroxyl groups excluding tert-OH is 1. The molecule has 2 aliphatic heterocycles. The Morgan fingerprint density at radius 3 is 2.24 bits per heavy atom. The molecule has 4 rings (SSSR count). The Morgan fingerprint density at radius 2 is 1.65 bits per heavy atom. The maximum atomic E-state index is 12.7. The summed E-state index contributed by atoms with van der Waals surface area (Å²) in [5.74, 6) is -1.28. The van der Waals surface area contributed by atoms with E-state index in [1.807, 2.05) is 0 Å². The SMILES string of the molecule is NC1=NC(O)N(C2CC(OC(=O)c3ccc(Cl)cc3)C(COC(=O)c3ccc(Cl)cc3)O2)C=N1. The number of nitrogens with two attached hydrogens (primary N) is 1. The fraction of sp³-hybridized carbons (Fsp3) is 0.273. The van der Waals surface area contributed by atoms with Crippen molar-refractivity contribution in [3.8, 4) is 0 Å². The van der Waals surface area contributed by atoms with E-state index in [9.17, 15) is 14.7 Å². The summed E-state index contributed by atoms with van der Waals surface area (Å²) in [6, 6.07) is 12.4. The molecule has 2 aromatic carbocycles. The molecule has 3 N–H and O–H groups in total. The van der Waals surface area contributed by atoms with Gasteiger partial charge in [-0.1, -0.05) is 23.2 Å². The van der Waals surface area contributed by atoms with Crippen molar-refractivity contribution in [3.05, 3.63) is 69.7 Å². The van der Waals surface area contributed by atoms with Gasteiger partial charge in [0, 0.05) is 16.5 Å². The number of hydrogen-bond donors (Lipinski definition) is 2. The van der Waals surface area contributed by atoms with Gasteiger partial charge in [0.05, 0.1) is 11.1 Å². The lowest BCUT2D eigenvalue weighted by Crippen LogP contribution is -2.45. The van der Waals surface area contributed by atoms with Crippen LogP contribution in [-0.4, -0.2) is 65.6 Å². The van der Waals surface area contributed by atoms with Crippen LogP contribution in [0.4, 0.5) is 0 Å². The highest BCUT2D eigenvalue weighted by Crippen LogP contribution is 2.28. The number of guanidine groups is 1. The van der Waals surface area contributed by atoms with Crippen LogP contribution in [0.5, 0.6) is 0 Å². The first kappa shape index (κ1) is 24.0. The van der Waals surface area contributed by atoms with Crippen molar-refractivity contribution in [1.29, 1.82) is 0 Å². The number of carbonyl (C=O) groups excluding carboxylic acids is 2. The zero-order chi connectivity index (χ0) is 24.2. The smallest absolute Gasteiger partial charge is 0.338 e. The lowest BCUT2D eigenvalue weighted by atomic mass is 10.1. The summed E-state index contributed by atoms with van der Waals surface area (Å²) >= 11 is 11.7. The molecule has 1 saturated heterocycles. The van der Waals surface area contributed by atoms with Gasteiger partial charge in [-0.3, -0.25) is 4.90 Å². The van der Waals surface area contributed by atoms with Crippen LogP contribution in [0.25, 0.3) is 0 Å². The predicted octanol–water partition coefficient (Wildman–Crippen LogP) is 2.43. The normalized spacial score (nSPS) is 24.0. The molecule has 0 aromatic heterocycles. The Kier molecular flexibility index (Phi) is 7.32. The molecule has 34 heavy (non-hydrogen) atoms. The van der Waals surface area contributed by atoms with Crippen molar-refractivity contribution in [2.24, 2.45) is 15.7 Å². The highest BCUT2D eigenvalue weighted by Gasteiger charge is 2.43. The molecular formula is C22H20Cl2N4O6. The number of esters is 2. The Balaban J connectivity index is 1.46. The highest BCUT2D eigenvalue weighted by molar-refractivity contribution is 6.31. The molecule has 4 unspecified atom stereocenters. The number of carbonyl (C=O) groups is 2. The van der Waals surface area contributed by atoms with Crippen LogP contribution in [0.3, 0.4) is 0 Å². The van der Waals surface area contributed by atoms with Crippen molar-refractivity contribution >= 4 is 47.4 Å². The van der Waals surface area contributed by atoms with E-state index in [0.29, 0.717) is 21.2 Å². The number of rotatable bonds is 6. The second kappa shape index (κ2) is 10.4. The molecular weight excluding hydrogens is 487 g/mol. The fourth-order valence-electron chi connectivity index (χ4n) is 3.40. The lowest BCUT2D eigenvalue weighted by Gasteiger charge is -2.30. The van der Waals surface area contributed by atoms with Gasteiger partial charge in [-0.15, -0.1) is 0 Å². The van der Waals surface area contributed by atoms with Gasteiger partial charge in [0.15, 0.2) is 0 Å². The second-order valence-electron chi connectivity index (χ2n) is 7.45. The van der Waals surface area contributed by atoms with Gasteiger partial charge >= 0.3 is 11.9 Å². The Morgan fingerprint density at radius 1 is 1.06 bits per heavy atom. The van der Waals surface area contributed by atoms with Crippen molar-refractivity contribution in [3.63, 3.8) is 0 Å². The summed E-state index contributed by atoms with van der Waals surface area (Å²) in [4.78, 5) is 34.1. The number of benzene rings is 2.